The van der Waals surface area contributed by atoms with Crippen molar-refractivity contribution >= 4 is 11.0 Å². The summed E-state index contributed by atoms with van der Waals surface area (Å²) in [6, 6.07) is 20.5. The van der Waals surface area contributed by atoms with Crippen molar-refractivity contribution in [3.8, 4) is 35.8 Å². The van der Waals surface area contributed by atoms with Crippen LogP contribution in [0.4, 0.5) is 0 Å². The number of fused-ring (bicyclic) bond motifs is 1. The molecule has 1 heterocycles. The van der Waals surface area contributed by atoms with Crippen LogP contribution in [0.1, 0.15) is 139 Å². The maximum absolute atomic E-state index is 9.64. The van der Waals surface area contributed by atoms with E-state index in [-0.39, 0.29) is 32.8 Å². The molecule has 0 N–H and O–H groups in total. The van der Waals surface area contributed by atoms with E-state index in [0.29, 0.717) is 22.4 Å². The van der Waals surface area contributed by atoms with Gasteiger partial charge < -0.3 is 0 Å². The average Bonchev–Trinajstić information content (AvgIpc) is 2.95. The Balaban J connectivity index is 1.98. The second-order valence-corrected chi connectivity index (χ2v) is 16.1. The summed E-state index contributed by atoms with van der Waals surface area (Å²) in [6.45, 7) is 26.5. The molecule has 4 heteroatoms. The molecule has 0 spiro atoms. The van der Waals surface area contributed by atoms with Crippen molar-refractivity contribution in [1.82, 2.24) is 9.97 Å². The molecule has 46 heavy (non-hydrogen) atoms. The predicted molar refractivity (Wildman–Crippen MR) is 189 cm³/mol. The zero-order valence-electron chi connectivity index (χ0n) is 29.4. The van der Waals surface area contributed by atoms with Crippen molar-refractivity contribution in [3.63, 3.8) is 0 Å². The van der Waals surface area contributed by atoms with Crippen LogP contribution >= 0.6 is 0 Å². The molecule has 0 amide bonds. The Kier molecular flexibility index (Phi) is 8.96. The van der Waals surface area contributed by atoms with Crippen LogP contribution in [0.3, 0.4) is 0 Å². The van der Waals surface area contributed by atoms with E-state index in [9.17, 15) is 10.5 Å². The molecule has 0 radical (unpaired) electrons. The summed E-state index contributed by atoms with van der Waals surface area (Å²) in [5.74, 6) is 13.3. The lowest BCUT2D eigenvalue weighted by Gasteiger charge is -2.25. The van der Waals surface area contributed by atoms with Gasteiger partial charge in [0.25, 0.3) is 0 Å². The molecule has 0 aliphatic carbocycles. The number of rotatable bonds is 0. The van der Waals surface area contributed by atoms with Crippen LogP contribution in [-0.2, 0) is 21.7 Å². The zero-order valence-corrected chi connectivity index (χ0v) is 29.4. The molecule has 1 aromatic heterocycles. The van der Waals surface area contributed by atoms with Crippen molar-refractivity contribution in [2.45, 2.75) is 105 Å². The fourth-order valence-corrected chi connectivity index (χ4v) is 4.86. The summed E-state index contributed by atoms with van der Waals surface area (Å²) in [4.78, 5) is 9.69. The molecule has 3 aromatic carbocycles. The van der Waals surface area contributed by atoms with Gasteiger partial charge in [-0.1, -0.05) is 107 Å². The summed E-state index contributed by atoms with van der Waals surface area (Å²) in [6.07, 6.45) is 0. The normalized spacial score (nSPS) is 12.0. The van der Waals surface area contributed by atoms with Gasteiger partial charge in [0.1, 0.15) is 23.5 Å². The van der Waals surface area contributed by atoms with Gasteiger partial charge >= 0.3 is 0 Å². The lowest BCUT2D eigenvalue weighted by atomic mass is 9.79. The Morgan fingerprint density at radius 1 is 0.413 bits per heavy atom. The molecule has 0 saturated heterocycles. The number of nitrogens with zero attached hydrogens (tertiary/aromatic N) is 4. The molecule has 0 atom stereocenters. The summed E-state index contributed by atoms with van der Waals surface area (Å²) in [7, 11) is 0. The molecule has 0 bridgehead atoms. The van der Waals surface area contributed by atoms with Crippen molar-refractivity contribution in [2.24, 2.45) is 0 Å². The third-order valence-corrected chi connectivity index (χ3v) is 8.03. The third-order valence-electron chi connectivity index (χ3n) is 8.03. The molecule has 0 fully saturated rings. The smallest absolute Gasteiger partial charge is 0.148 e. The zero-order chi connectivity index (χ0) is 34.2. The second-order valence-electron chi connectivity index (χ2n) is 16.1. The highest BCUT2D eigenvalue weighted by Crippen LogP contribution is 2.31. The minimum absolute atomic E-state index is 0.0449. The summed E-state index contributed by atoms with van der Waals surface area (Å²) in [5.41, 5.74) is 8.80. The molecule has 0 saturated carbocycles. The lowest BCUT2D eigenvalue weighted by Crippen LogP contribution is -2.16. The molecular weight excluding hydrogens is 560 g/mol. The topological polar surface area (TPSA) is 73.4 Å². The molecule has 4 rings (SSSR count). The van der Waals surface area contributed by atoms with E-state index in [1.54, 1.807) is 12.1 Å². The highest BCUT2D eigenvalue weighted by molar-refractivity contribution is 5.80. The number of nitriles is 2. The quantitative estimate of drug-likeness (QED) is 0.187. The van der Waals surface area contributed by atoms with Gasteiger partial charge in [0.2, 0.25) is 0 Å². The standard InChI is InChI=1S/C42H44N4/c1-39(2,3)31-17-27(18-32(23-31)40(4,5)6)13-15-35-36(46-38-22-30(26-44)29(25-43)21-37(38)45-35)16-14-28-19-33(41(7,8)9)24-34(20-28)42(10,11)12/h17-24H,1-12H3. The van der Waals surface area contributed by atoms with Gasteiger partial charge in [-0.25, -0.2) is 9.97 Å². The van der Waals surface area contributed by atoms with Crippen molar-refractivity contribution in [2.75, 3.05) is 0 Å². The molecule has 0 unspecified atom stereocenters. The summed E-state index contributed by atoms with van der Waals surface area (Å²) >= 11 is 0. The largest absolute Gasteiger partial charge is 0.235 e. The highest BCUT2D eigenvalue weighted by atomic mass is 14.8. The summed E-state index contributed by atoms with van der Waals surface area (Å²) in [5, 5.41) is 19.3. The van der Waals surface area contributed by atoms with Crippen LogP contribution in [0.15, 0.2) is 48.5 Å². The first-order valence-corrected chi connectivity index (χ1v) is 15.7. The Bertz CT molecular complexity index is 1830. The molecular formula is C42H44N4. The fourth-order valence-electron chi connectivity index (χ4n) is 4.86. The van der Waals surface area contributed by atoms with Crippen molar-refractivity contribution < 1.29 is 0 Å². The number of benzene rings is 3. The molecule has 0 aliphatic rings. The van der Waals surface area contributed by atoms with E-state index in [1.165, 1.54) is 22.3 Å². The van der Waals surface area contributed by atoms with Gasteiger partial charge in [0, 0.05) is 11.1 Å². The Labute approximate surface area is 275 Å². The molecule has 232 valence electrons. The Morgan fingerprint density at radius 3 is 0.935 bits per heavy atom. The first-order valence-electron chi connectivity index (χ1n) is 15.7. The first kappa shape index (κ1) is 34.0. The minimum atomic E-state index is -0.0449. The fraction of sp³-hybridized carbons (Fsp3) is 0.381. The minimum Gasteiger partial charge on any atom is -0.235 e. The summed E-state index contributed by atoms with van der Waals surface area (Å²) < 4.78 is 0. The van der Waals surface area contributed by atoms with Crippen LogP contribution in [0.25, 0.3) is 11.0 Å². The average molecular weight is 605 g/mol. The monoisotopic (exact) mass is 604 g/mol. The van der Waals surface area contributed by atoms with Crippen molar-refractivity contribution in [3.05, 3.63) is 104 Å². The maximum Gasteiger partial charge on any atom is 0.148 e. The Morgan fingerprint density at radius 2 is 0.696 bits per heavy atom. The first-order chi connectivity index (χ1) is 21.2. The lowest BCUT2D eigenvalue weighted by molar-refractivity contribution is 0.567. The van der Waals surface area contributed by atoms with Gasteiger partial charge in [-0.05, 0) is 92.2 Å². The van der Waals surface area contributed by atoms with E-state index in [2.05, 4.69) is 155 Å². The van der Waals surface area contributed by atoms with Crippen LogP contribution in [0.5, 0.6) is 0 Å². The number of hydrogen-bond donors (Lipinski definition) is 0. The van der Waals surface area contributed by atoms with E-state index < -0.39 is 0 Å². The maximum atomic E-state index is 9.64. The van der Waals surface area contributed by atoms with Crippen LogP contribution in [-0.4, -0.2) is 9.97 Å². The van der Waals surface area contributed by atoms with Gasteiger partial charge in [0.15, 0.2) is 0 Å². The second kappa shape index (κ2) is 12.1. The molecule has 0 aliphatic heterocycles. The van der Waals surface area contributed by atoms with Gasteiger partial charge in [-0.3, -0.25) is 0 Å². The van der Waals surface area contributed by atoms with Crippen LogP contribution in [0, 0.1) is 46.3 Å². The SMILES string of the molecule is CC(C)(C)c1cc(C#Cc2nc3cc(C#N)c(C#N)cc3nc2C#Cc2cc(C(C)(C)C)cc(C(C)(C)C)c2)cc(C(C)(C)C)c1. The molecule has 4 nitrogen and oxygen atoms in total. The van der Waals surface area contributed by atoms with E-state index in [4.69, 9.17) is 9.97 Å². The third kappa shape index (κ3) is 7.84. The predicted octanol–water partition coefficient (Wildman–Crippen LogP) is 9.36. The van der Waals surface area contributed by atoms with E-state index >= 15 is 0 Å². The number of hydrogen-bond acceptors (Lipinski definition) is 4. The van der Waals surface area contributed by atoms with E-state index in [1.807, 2.05) is 0 Å². The van der Waals surface area contributed by atoms with Crippen molar-refractivity contribution in [1.29, 1.82) is 10.5 Å². The van der Waals surface area contributed by atoms with Crippen LogP contribution in [0.2, 0.25) is 0 Å². The number of aromatic nitrogens is 2. The van der Waals surface area contributed by atoms with Gasteiger partial charge in [0.05, 0.1) is 22.2 Å². The Hall–Kier alpha value is -4.90. The van der Waals surface area contributed by atoms with Gasteiger partial charge in [-0.2, -0.15) is 10.5 Å². The van der Waals surface area contributed by atoms with Crippen LogP contribution < -0.4 is 0 Å². The van der Waals surface area contributed by atoms with E-state index in [0.717, 1.165) is 11.1 Å². The molecule has 4 aromatic rings. The highest BCUT2D eigenvalue weighted by Gasteiger charge is 2.22. The van der Waals surface area contributed by atoms with Gasteiger partial charge in [-0.15, -0.1) is 0 Å².